The maximum Gasteiger partial charge on any atom is 0.0935 e. The van der Waals surface area contributed by atoms with Crippen molar-refractivity contribution >= 4 is 15.9 Å². The van der Waals surface area contributed by atoms with Gasteiger partial charge in [-0.3, -0.25) is 4.68 Å². The highest BCUT2D eigenvalue weighted by Crippen LogP contribution is 2.37. The molecular formula is C10H14BrN3. The Kier molecular flexibility index (Phi) is 2.13. The molecule has 0 aromatic carbocycles. The number of aromatic nitrogens is 2. The number of hydrogen-bond donors (Lipinski definition) is 1. The first kappa shape index (κ1) is 8.92. The molecule has 0 radical (unpaired) electrons. The average Bonchev–Trinajstić information content (AvgIpc) is 2.75. The van der Waals surface area contributed by atoms with Crippen LogP contribution in [0.25, 0.3) is 0 Å². The Morgan fingerprint density at radius 1 is 1.43 bits per heavy atom. The summed E-state index contributed by atoms with van der Waals surface area (Å²) in [6.45, 7) is 1.13. The van der Waals surface area contributed by atoms with Crippen molar-refractivity contribution in [3.8, 4) is 0 Å². The summed E-state index contributed by atoms with van der Waals surface area (Å²) < 4.78 is 3.29. The van der Waals surface area contributed by atoms with Crippen LogP contribution in [0.2, 0.25) is 0 Å². The van der Waals surface area contributed by atoms with E-state index in [4.69, 9.17) is 0 Å². The van der Waals surface area contributed by atoms with Crippen LogP contribution in [0.15, 0.2) is 10.7 Å². The lowest BCUT2D eigenvalue weighted by Crippen LogP contribution is -2.14. The van der Waals surface area contributed by atoms with E-state index < -0.39 is 0 Å². The molecule has 1 aromatic heterocycles. The van der Waals surface area contributed by atoms with Gasteiger partial charge >= 0.3 is 0 Å². The van der Waals surface area contributed by atoms with Crippen molar-refractivity contribution in [3.05, 3.63) is 16.4 Å². The van der Waals surface area contributed by atoms with Crippen LogP contribution in [0.3, 0.4) is 0 Å². The molecule has 1 saturated carbocycles. The molecule has 1 N–H and O–H groups in total. The number of rotatable bonds is 2. The second kappa shape index (κ2) is 3.35. The molecule has 0 spiro atoms. The van der Waals surface area contributed by atoms with Crippen molar-refractivity contribution in [1.29, 1.82) is 0 Å². The van der Waals surface area contributed by atoms with E-state index in [1.165, 1.54) is 35.8 Å². The molecule has 0 bridgehead atoms. The minimum absolute atomic E-state index is 0.476. The molecule has 4 heteroatoms. The van der Waals surface area contributed by atoms with Crippen molar-refractivity contribution in [2.45, 2.75) is 37.8 Å². The summed E-state index contributed by atoms with van der Waals surface area (Å²) in [5.41, 5.74) is 1.20. The Bertz CT molecular complexity index is 337. The van der Waals surface area contributed by atoms with E-state index in [0.717, 1.165) is 6.54 Å². The first-order valence-electron chi connectivity index (χ1n) is 5.32. The average molecular weight is 256 g/mol. The maximum atomic E-state index is 4.66. The Morgan fingerprint density at radius 2 is 2.29 bits per heavy atom. The fraction of sp³-hybridized carbons (Fsp3) is 0.700. The van der Waals surface area contributed by atoms with Crippen LogP contribution in [0.5, 0.6) is 0 Å². The molecule has 76 valence electrons. The molecule has 2 heterocycles. The summed E-state index contributed by atoms with van der Waals surface area (Å²) in [6.07, 6.45) is 7.22. The molecular weight excluding hydrogens is 242 g/mol. The predicted molar refractivity (Wildman–Crippen MR) is 58.2 cm³/mol. The number of halogens is 1. The van der Waals surface area contributed by atoms with E-state index in [1.54, 1.807) is 0 Å². The Labute approximate surface area is 92.0 Å². The molecule has 1 saturated heterocycles. The molecule has 1 atom stereocenters. The van der Waals surface area contributed by atoms with Crippen molar-refractivity contribution in [2.75, 3.05) is 6.54 Å². The molecule has 14 heavy (non-hydrogen) atoms. The zero-order chi connectivity index (χ0) is 9.54. The van der Waals surface area contributed by atoms with Crippen molar-refractivity contribution in [3.63, 3.8) is 0 Å². The minimum Gasteiger partial charge on any atom is -0.309 e. The molecule has 1 aliphatic heterocycles. The molecule has 0 unspecified atom stereocenters. The molecule has 2 fully saturated rings. The normalized spacial score (nSPS) is 27.1. The number of hydrogen-bond acceptors (Lipinski definition) is 2. The smallest absolute Gasteiger partial charge is 0.0935 e. The van der Waals surface area contributed by atoms with Gasteiger partial charge in [0.2, 0.25) is 0 Å². The lowest BCUT2D eigenvalue weighted by Gasteiger charge is -2.06. The first-order valence-corrected chi connectivity index (χ1v) is 6.12. The highest BCUT2D eigenvalue weighted by molar-refractivity contribution is 9.10. The van der Waals surface area contributed by atoms with Crippen LogP contribution < -0.4 is 5.32 Å². The molecule has 0 amide bonds. The van der Waals surface area contributed by atoms with Gasteiger partial charge in [-0.1, -0.05) is 0 Å². The van der Waals surface area contributed by atoms with E-state index in [1.807, 2.05) is 0 Å². The summed E-state index contributed by atoms with van der Waals surface area (Å²) in [6, 6.07) is 1.16. The number of nitrogens with one attached hydrogen (secondary N) is 1. The van der Waals surface area contributed by atoms with Crippen LogP contribution >= 0.6 is 15.9 Å². The molecule has 1 aromatic rings. The quantitative estimate of drug-likeness (QED) is 0.880. The number of nitrogens with zero attached hydrogens (tertiary/aromatic N) is 2. The molecule has 3 nitrogen and oxygen atoms in total. The summed E-state index contributed by atoms with van der Waals surface area (Å²) in [5, 5.41) is 8.14. The predicted octanol–water partition coefficient (Wildman–Crippen LogP) is 2.40. The molecule has 2 aliphatic rings. The van der Waals surface area contributed by atoms with Crippen LogP contribution in [0.4, 0.5) is 0 Å². The van der Waals surface area contributed by atoms with E-state index in [9.17, 15) is 0 Å². The summed E-state index contributed by atoms with van der Waals surface area (Å²) in [5.74, 6) is 0. The van der Waals surface area contributed by atoms with E-state index in [2.05, 4.69) is 37.2 Å². The van der Waals surface area contributed by atoms with Gasteiger partial charge in [0.25, 0.3) is 0 Å². The highest BCUT2D eigenvalue weighted by Gasteiger charge is 2.28. The van der Waals surface area contributed by atoms with Crippen molar-refractivity contribution in [1.82, 2.24) is 15.1 Å². The van der Waals surface area contributed by atoms with Crippen LogP contribution in [0.1, 0.15) is 43.5 Å². The van der Waals surface area contributed by atoms with Gasteiger partial charge < -0.3 is 5.32 Å². The second-order valence-corrected chi connectivity index (χ2v) is 5.08. The van der Waals surface area contributed by atoms with Gasteiger partial charge in [0.05, 0.1) is 22.3 Å². The summed E-state index contributed by atoms with van der Waals surface area (Å²) in [7, 11) is 0. The Morgan fingerprint density at radius 3 is 2.93 bits per heavy atom. The van der Waals surface area contributed by atoms with Crippen LogP contribution in [0, 0.1) is 0 Å². The Balaban J connectivity index is 1.88. The SMILES string of the molecule is Brc1cn(C2CC2)nc1[C@H]1CCCN1. The largest absolute Gasteiger partial charge is 0.309 e. The summed E-state index contributed by atoms with van der Waals surface area (Å²) >= 11 is 3.60. The van der Waals surface area contributed by atoms with Gasteiger partial charge in [-0.25, -0.2) is 0 Å². The Hall–Kier alpha value is -0.350. The fourth-order valence-electron chi connectivity index (χ4n) is 2.06. The zero-order valence-electron chi connectivity index (χ0n) is 8.04. The molecule has 1 aliphatic carbocycles. The van der Waals surface area contributed by atoms with E-state index in [-0.39, 0.29) is 0 Å². The van der Waals surface area contributed by atoms with Gasteiger partial charge in [0, 0.05) is 6.20 Å². The lowest BCUT2D eigenvalue weighted by atomic mass is 10.2. The van der Waals surface area contributed by atoms with Crippen LogP contribution in [-0.4, -0.2) is 16.3 Å². The van der Waals surface area contributed by atoms with Crippen LogP contribution in [-0.2, 0) is 0 Å². The minimum atomic E-state index is 0.476. The third-order valence-corrected chi connectivity index (χ3v) is 3.64. The van der Waals surface area contributed by atoms with Gasteiger partial charge in [-0.05, 0) is 48.2 Å². The summed E-state index contributed by atoms with van der Waals surface area (Å²) in [4.78, 5) is 0. The van der Waals surface area contributed by atoms with Gasteiger partial charge in [0.1, 0.15) is 0 Å². The zero-order valence-corrected chi connectivity index (χ0v) is 9.63. The third kappa shape index (κ3) is 1.50. The van der Waals surface area contributed by atoms with Gasteiger partial charge in [0.15, 0.2) is 0 Å². The van der Waals surface area contributed by atoms with E-state index >= 15 is 0 Å². The monoisotopic (exact) mass is 255 g/mol. The standard InChI is InChI=1S/C10H14BrN3/c11-8-6-14(7-3-4-7)13-10(8)9-2-1-5-12-9/h6-7,9,12H,1-5H2/t9-/m1/s1. The molecule has 3 rings (SSSR count). The van der Waals surface area contributed by atoms with E-state index in [0.29, 0.717) is 12.1 Å². The first-order chi connectivity index (χ1) is 6.84. The van der Waals surface area contributed by atoms with Crippen molar-refractivity contribution in [2.24, 2.45) is 0 Å². The third-order valence-electron chi connectivity index (χ3n) is 3.02. The topological polar surface area (TPSA) is 29.9 Å². The second-order valence-electron chi connectivity index (χ2n) is 4.22. The lowest BCUT2D eigenvalue weighted by molar-refractivity contribution is 0.577. The fourth-order valence-corrected chi connectivity index (χ4v) is 2.63. The highest BCUT2D eigenvalue weighted by atomic mass is 79.9. The van der Waals surface area contributed by atoms with Crippen molar-refractivity contribution < 1.29 is 0 Å². The van der Waals surface area contributed by atoms with Gasteiger partial charge in [-0.2, -0.15) is 5.10 Å². The van der Waals surface area contributed by atoms with Gasteiger partial charge in [-0.15, -0.1) is 0 Å². The maximum absolute atomic E-state index is 4.66.